The number of ether oxygens (including phenoxy) is 1. The molecule has 1 aromatic heterocycles. The number of hydrogen-bond donors (Lipinski definition) is 2. The maximum atomic E-state index is 14.8. The molecule has 1 aliphatic rings. The number of nitrogens with one attached hydrogen (secondary N) is 2. The molecule has 0 spiro atoms. The van der Waals surface area contributed by atoms with Gasteiger partial charge in [-0.3, -0.25) is 14.9 Å². The Kier molecular flexibility index (Phi) is 8.18. The lowest BCUT2D eigenvalue weighted by Gasteiger charge is -2.41. The molecule has 2 N–H and O–H groups in total. The zero-order valence-corrected chi connectivity index (χ0v) is 21.9. The van der Waals surface area contributed by atoms with Crippen molar-refractivity contribution in [2.24, 2.45) is 0 Å². The Morgan fingerprint density at radius 1 is 1.05 bits per heavy atom. The third-order valence-corrected chi connectivity index (χ3v) is 6.49. The van der Waals surface area contributed by atoms with Crippen LogP contribution in [0, 0.1) is 13.8 Å². The van der Waals surface area contributed by atoms with E-state index in [1.807, 2.05) is 5.32 Å². The smallest absolute Gasteiger partial charge is 0.416 e. The van der Waals surface area contributed by atoms with E-state index in [2.05, 4.69) is 10.5 Å². The fourth-order valence-electron chi connectivity index (χ4n) is 4.44. The summed E-state index contributed by atoms with van der Waals surface area (Å²) in [6.45, 7) is 3.09. The van der Waals surface area contributed by atoms with E-state index >= 15 is 0 Å². The molecule has 3 aromatic rings. The Bertz CT molecular complexity index is 1440. The fraction of sp³-hybridized carbons (Fsp3) is 0.321. The monoisotopic (exact) mass is 581 g/mol. The van der Waals surface area contributed by atoms with E-state index in [-0.39, 0.29) is 41.4 Å². The molecule has 2 aromatic carbocycles. The molecule has 1 aliphatic heterocycles. The number of carbonyl (C=O) groups excluding carboxylic acids is 2. The zero-order valence-electron chi connectivity index (χ0n) is 21.9. The number of nitrogens with zero attached hydrogens (tertiary/aromatic N) is 1. The second-order valence-corrected chi connectivity index (χ2v) is 9.63. The lowest BCUT2D eigenvalue weighted by Crippen LogP contribution is -2.59. The topological polar surface area (TPSA) is 93.5 Å². The maximum absolute atomic E-state index is 14.8. The highest BCUT2D eigenvalue weighted by Gasteiger charge is 2.60. The van der Waals surface area contributed by atoms with Crippen LogP contribution in [-0.4, -0.2) is 35.9 Å². The van der Waals surface area contributed by atoms with Gasteiger partial charge >= 0.3 is 12.4 Å². The molecule has 0 radical (unpaired) electrons. The summed E-state index contributed by atoms with van der Waals surface area (Å²) in [4.78, 5) is 26.5. The number of anilines is 1. The third kappa shape index (κ3) is 6.72. The number of halogens is 6. The Morgan fingerprint density at radius 2 is 1.71 bits per heavy atom. The summed E-state index contributed by atoms with van der Waals surface area (Å²) < 4.78 is 91.8. The molecule has 1 unspecified atom stereocenters. The molecule has 13 heteroatoms. The summed E-state index contributed by atoms with van der Waals surface area (Å²) in [6.07, 6.45) is -11.6. The van der Waals surface area contributed by atoms with Crippen LogP contribution in [0.2, 0.25) is 0 Å². The summed E-state index contributed by atoms with van der Waals surface area (Å²) >= 11 is 0. The molecular weight excluding hydrogens is 556 g/mol. The van der Waals surface area contributed by atoms with Gasteiger partial charge in [0.15, 0.2) is 5.54 Å². The SMILES string of the molecule is Cc1ccc(C2=C(C(=O)Nc3cc(C)no3)C(=O)NC(c3ccc(OCCCC(F)(F)F)cc3)(C(F)(F)F)C2)cc1. The number of rotatable bonds is 8. The van der Waals surface area contributed by atoms with E-state index in [9.17, 15) is 35.9 Å². The molecule has 1 atom stereocenters. The predicted molar refractivity (Wildman–Crippen MR) is 136 cm³/mol. The summed E-state index contributed by atoms with van der Waals surface area (Å²) in [5.41, 5.74) is -2.46. The lowest BCUT2D eigenvalue weighted by molar-refractivity contribution is -0.201. The van der Waals surface area contributed by atoms with Crippen LogP contribution in [0.1, 0.15) is 41.6 Å². The molecule has 4 rings (SSSR count). The highest BCUT2D eigenvalue weighted by atomic mass is 19.4. The van der Waals surface area contributed by atoms with Gasteiger partial charge in [-0.05, 0) is 49.1 Å². The molecule has 0 saturated carbocycles. The molecule has 218 valence electrons. The van der Waals surface area contributed by atoms with Crippen molar-refractivity contribution in [3.8, 4) is 5.75 Å². The molecule has 0 fully saturated rings. The quantitative estimate of drug-likeness (QED) is 0.183. The largest absolute Gasteiger partial charge is 0.494 e. The van der Waals surface area contributed by atoms with Crippen molar-refractivity contribution in [2.75, 3.05) is 11.9 Å². The van der Waals surface area contributed by atoms with Crippen molar-refractivity contribution in [3.05, 3.63) is 82.6 Å². The second-order valence-electron chi connectivity index (χ2n) is 9.63. The number of alkyl halides is 6. The summed E-state index contributed by atoms with van der Waals surface area (Å²) in [5.74, 6) is -2.26. The molecule has 41 heavy (non-hydrogen) atoms. The van der Waals surface area contributed by atoms with Gasteiger partial charge in [-0.1, -0.05) is 47.1 Å². The highest BCUT2D eigenvalue weighted by molar-refractivity contribution is 6.28. The van der Waals surface area contributed by atoms with Gasteiger partial charge in [0, 0.05) is 18.9 Å². The van der Waals surface area contributed by atoms with Gasteiger partial charge in [-0.2, -0.15) is 26.3 Å². The summed E-state index contributed by atoms with van der Waals surface area (Å²) in [6, 6.07) is 12.3. The van der Waals surface area contributed by atoms with E-state index in [0.717, 1.165) is 17.7 Å². The maximum Gasteiger partial charge on any atom is 0.416 e. The van der Waals surface area contributed by atoms with Crippen LogP contribution >= 0.6 is 0 Å². The van der Waals surface area contributed by atoms with Crippen molar-refractivity contribution in [1.82, 2.24) is 10.5 Å². The number of aromatic nitrogens is 1. The van der Waals surface area contributed by atoms with Gasteiger partial charge < -0.3 is 14.6 Å². The van der Waals surface area contributed by atoms with E-state index in [1.165, 1.54) is 30.3 Å². The second kappa shape index (κ2) is 11.3. The molecule has 2 amide bonds. The summed E-state index contributed by atoms with van der Waals surface area (Å²) in [7, 11) is 0. The first-order valence-corrected chi connectivity index (χ1v) is 12.4. The van der Waals surface area contributed by atoms with Crippen LogP contribution in [0.3, 0.4) is 0 Å². The van der Waals surface area contributed by atoms with Crippen molar-refractivity contribution in [3.63, 3.8) is 0 Å². The molecule has 0 saturated heterocycles. The van der Waals surface area contributed by atoms with Crippen molar-refractivity contribution >= 4 is 23.3 Å². The molecular formula is C28H25F6N3O4. The average Bonchev–Trinajstić information content (AvgIpc) is 3.29. The van der Waals surface area contributed by atoms with Gasteiger partial charge in [-0.15, -0.1) is 0 Å². The van der Waals surface area contributed by atoms with E-state index in [4.69, 9.17) is 9.26 Å². The van der Waals surface area contributed by atoms with Crippen LogP contribution in [0.15, 0.2) is 64.7 Å². The first kappa shape index (κ1) is 29.7. The lowest BCUT2D eigenvalue weighted by atomic mass is 9.76. The van der Waals surface area contributed by atoms with Gasteiger partial charge in [0.25, 0.3) is 11.8 Å². The number of carbonyl (C=O) groups is 2. The van der Waals surface area contributed by atoms with Gasteiger partial charge in [0.1, 0.15) is 11.3 Å². The van der Waals surface area contributed by atoms with Crippen LogP contribution in [0.5, 0.6) is 5.75 Å². The molecule has 2 heterocycles. The summed E-state index contributed by atoms with van der Waals surface area (Å²) in [5, 5.41) is 8.02. The minimum absolute atomic E-state index is 0.0621. The third-order valence-electron chi connectivity index (χ3n) is 6.49. The molecule has 0 bridgehead atoms. The Labute approximate surface area is 230 Å². The Morgan fingerprint density at radius 3 is 2.27 bits per heavy atom. The van der Waals surface area contributed by atoms with Crippen LogP contribution in [0.25, 0.3) is 5.57 Å². The Balaban J connectivity index is 1.71. The van der Waals surface area contributed by atoms with Crippen LogP contribution < -0.4 is 15.4 Å². The molecule has 7 nitrogen and oxygen atoms in total. The number of benzene rings is 2. The standard InChI is InChI=1S/C28H25F6N3O4/c1-16-4-6-18(7-5-16)21-15-26(28(32,33)34,19-8-10-20(11-9-19)40-13-3-12-27(29,30)31)36-25(39)23(21)24(38)35-22-14-17(2)37-41-22/h4-11,14H,3,12-13,15H2,1-2H3,(H,35,38)(H,36,39). The van der Waals surface area contributed by atoms with Gasteiger partial charge in [0.05, 0.1) is 12.3 Å². The number of amides is 2. The zero-order chi connectivity index (χ0) is 30.0. The normalized spacial score (nSPS) is 17.8. The van der Waals surface area contributed by atoms with Crippen molar-refractivity contribution < 1.29 is 45.2 Å². The average molecular weight is 582 g/mol. The van der Waals surface area contributed by atoms with Gasteiger partial charge in [-0.25, -0.2) is 0 Å². The number of hydrogen-bond acceptors (Lipinski definition) is 5. The first-order chi connectivity index (χ1) is 19.2. The van der Waals surface area contributed by atoms with Crippen LogP contribution in [-0.2, 0) is 15.1 Å². The van der Waals surface area contributed by atoms with E-state index in [1.54, 1.807) is 26.0 Å². The fourth-order valence-corrected chi connectivity index (χ4v) is 4.44. The van der Waals surface area contributed by atoms with Crippen molar-refractivity contribution in [1.29, 1.82) is 0 Å². The highest BCUT2D eigenvalue weighted by Crippen LogP contribution is 2.48. The van der Waals surface area contributed by atoms with Crippen LogP contribution in [0.4, 0.5) is 32.2 Å². The number of aryl methyl sites for hydroxylation is 2. The minimum Gasteiger partial charge on any atom is -0.494 e. The predicted octanol–water partition coefficient (Wildman–Crippen LogP) is 6.38. The van der Waals surface area contributed by atoms with E-state index < -0.39 is 48.1 Å². The van der Waals surface area contributed by atoms with Gasteiger partial charge in [0.2, 0.25) is 5.88 Å². The minimum atomic E-state index is -5.02. The van der Waals surface area contributed by atoms with E-state index in [0.29, 0.717) is 5.69 Å². The first-order valence-electron chi connectivity index (χ1n) is 12.4. The molecule has 0 aliphatic carbocycles. The Hall–Kier alpha value is -4.29. The van der Waals surface area contributed by atoms with Crippen molar-refractivity contribution in [2.45, 2.75) is 51.0 Å².